The zero-order valence-electron chi connectivity index (χ0n) is 18.9. The highest BCUT2D eigenvalue weighted by atomic mass is 35.5. The molecule has 0 aliphatic heterocycles. The Bertz CT molecular complexity index is 1210. The van der Waals surface area contributed by atoms with Crippen LogP contribution in [-0.2, 0) is 12.7 Å². The minimum absolute atomic E-state index is 0.149. The second-order valence-electron chi connectivity index (χ2n) is 7.86. The van der Waals surface area contributed by atoms with Crippen molar-refractivity contribution in [1.29, 1.82) is 0 Å². The van der Waals surface area contributed by atoms with Crippen molar-refractivity contribution in [2.45, 2.75) is 31.9 Å². The lowest BCUT2D eigenvalue weighted by atomic mass is 10.1. The Morgan fingerprint density at radius 2 is 2.00 bits per heavy atom. The first-order valence-electron chi connectivity index (χ1n) is 10.2. The molecule has 5 N–H and O–H groups in total. The molecule has 35 heavy (non-hydrogen) atoms. The number of amides is 1. The van der Waals surface area contributed by atoms with Crippen LogP contribution in [0.15, 0.2) is 30.7 Å². The molecule has 188 valence electrons. The van der Waals surface area contributed by atoms with Crippen molar-refractivity contribution in [1.82, 2.24) is 25.2 Å². The number of anilines is 2. The van der Waals surface area contributed by atoms with Gasteiger partial charge in [0.2, 0.25) is 0 Å². The third-order valence-corrected chi connectivity index (χ3v) is 6.32. The van der Waals surface area contributed by atoms with Crippen molar-refractivity contribution in [2.75, 3.05) is 25.1 Å². The first-order valence-corrected chi connectivity index (χ1v) is 11.4. The number of thiazole rings is 1. The van der Waals surface area contributed by atoms with E-state index in [9.17, 15) is 23.1 Å². The van der Waals surface area contributed by atoms with Crippen molar-refractivity contribution in [3.63, 3.8) is 0 Å². The minimum atomic E-state index is -4.58. The van der Waals surface area contributed by atoms with Gasteiger partial charge in [-0.25, -0.2) is 15.0 Å². The Kier molecular flexibility index (Phi) is 8.15. The topological polar surface area (TPSA) is 129 Å². The number of carbonyl (C=O) groups excluding carboxylic acids is 1. The first-order chi connectivity index (χ1) is 16.4. The van der Waals surface area contributed by atoms with Crippen molar-refractivity contribution in [3.05, 3.63) is 62.5 Å². The summed E-state index contributed by atoms with van der Waals surface area (Å²) in [6, 6.07) is 2.55. The summed E-state index contributed by atoms with van der Waals surface area (Å²) in [4.78, 5) is 27.3. The molecule has 9 nitrogen and oxygen atoms in total. The Morgan fingerprint density at radius 3 is 2.63 bits per heavy atom. The van der Waals surface area contributed by atoms with E-state index in [1.807, 2.05) is 19.0 Å². The summed E-state index contributed by atoms with van der Waals surface area (Å²) in [6.45, 7) is 2.09. The third-order valence-electron chi connectivity index (χ3n) is 4.77. The van der Waals surface area contributed by atoms with Gasteiger partial charge in [-0.15, -0.1) is 11.3 Å². The summed E-state index contributed by atoms with van der Waals surface area (Å²) in [7, 11) is 3.65. The van der Waals surface area contributed by atoms with E-state index in [2.05, 4.69) is 25.6 Å². The number of hydrogen-bond acceptors (Lipinski definition) is 9. The van der Waals surface area contributed by atoms with Gasteiger partial charge in [-0.2, -0.15) is 13.2 Å². The molecule has 0 bridgehead atoms. The Labute approximate surface area is 208 Å². The van der Waals surface area contributed by atoms with Gasteiger partial charge in [-0.3, -0.25) is 4.79 Å². The normalized spacial score (nSPS) is 13.5. The van der Waals surface area contributed by atoms with Gasteiger partial charge in [-0.05, 0) is 39.2 Å². The van der Waals surface area contributed by atoms with Crippen LogP contribution in [0.3, 0.4) is 0 Å². The predicted molar refractivity (Wildman–Crippen MR) is 127 cm³/mol. The number of benzene rings is 1. The average molecular weight is 530 g/mol. The molecule has 0 radical (unpaired) electrons. The van der Waals surface area contributed by atoms with Crippen LogP contribution >= 0.6 is 22.9 Å². The smallest absolute Gasteiger partial charge is 0.383 e. The van der Waals surface area contributed by atoms with Crippen LogP contribution in [0.1, 0.15) is 50.7 Å². The summed E-state index contributed by atoms with van der Waals surface area (Å²) >= 11 is 6.84. The molecule has 0 aliphatic rings. The van der Waals surface area contributed by atoms with Crippen LogP contribution in [0.2, 0.25) is 5.02 Å². The molecule has 0 spiro atoms. The van der Waals surface area contributed by atoms with Gasteiger partial charge in [-0.1, -0.05) is 11.6 Å². The molecule has 1 amide bonds. The number of aliphatic hydroxyl groups is 1. The number of nitrogens with two attached hydrogens (primary N) is 1. The molecular formula is C21H23ClF3N7O2S. The number of nitrogens with zero attached hydrogens (tertiary/aromatic N) is 4. The van der Waals surface area contributed by atoms with Gasteiger partial charge in [0, 0.05) is 24.0 Å². The second kappa shape index (κ2) is 10.7. The van der Waals surface area contributed by atoms with E-state index in [1.165, 1.54) is 18.6 Å². The summed E-state index contributed by atoms with van der Waals surface area (Å²) in [5.41, 5.74) is 5.79. The van der Waals surface area contributed by atoms with E-state index in [1.54, 1.807) is 6.92 Å². The number of alkyl halides is 3. The first kappa shape index (κ1) is 26.6. The molecule has 2 aromatic heterocycles. The molecule has 0 saturated heterocycles. The lowest BCUT2D eigenvalue weighted by Gasteiger charge is -2.16. The SMILES string of the molecule is CC(NC(=O)c1ncnc(N)c1CN(C)C)c1ncc(C(O)Nc2ccc(C(F)(F)F)c(Cl)c2)s1. The molecule has 3 aromatic rings. The van der Waals surface area contributed by atoms with Crippen LogP contribution < -0.4 is 16.4 Å². The number of aliphatic hydroxyl groups excluding tert-OH is 1. The standard InChI is InChI=1S/C21H23ClF3N7O2S/c1-10(30-19(34)16-12(8-32(2)3)17(26)29-9-28-16)20-27-7-15(35-20)18(33)31-11-4-5-13(14(22)6-11)21(23,24)25/h4-7,9-10,18,31,33H,8H2,1-3H3,(H,30,34)(H2,26,28,29). The summed E-state index contributed by atoms with van der Waals surface area (Å²) < 4.78 is 38.6. The highest BCUT2D eigenvalue weighted by Gasteiger charge is 2.33. The molecule has 3 rings (SSSR count). The molecule has 2 atom stereocenters. The van der Waals surface area contributed by atoms with E-state index in [4.69, 9.17) is 17.3 Å². The van der Waals surface area contributed by atoms with Crippen LogP contribution in [-0.4, -0.2) is 45.0 Å². The van der Waals surface area contributed by atoms with Gasteiger partial charge in [0.15, 0.2) is 6.23 Å². The number of rotatable bonds is 8. The maximum absolute atomic E-state index is 12.9. The van der Waals surface area contributed by atoms with Crippen molar-refractivity contribution in [2.24, 2.45) is 0 Å². The molecular weight excluding hydrogens is 507 g/mol. The minimum Gasteiger partial charge on any atom is -0.383 e. The molecule has 1 aromatic carbocycles. The number of hydrogen-bond donors (Lipinski definition) is 4. The van der Waals surface area contributed by atoms with Crippen LogP contribution in [0, 0.1) is 0 Å². The Balaban J connectivity index is 1.69. The predicted octanol–water partition coefficient (Wildman–Crippen LogP) is 3.84. The van der Waals surface area contributed by atoms with Gasteiger partial charge < -0.3 is 26.4 Å². The fourth-order valence-corrected chi connectivity index (χ4v) is 4.26. The van der Waals surface area contributed by atoms with Crippen LogP contribution in [0.4, 0.5) is 24.7 Å². The summed E-state index contributed by atoms with van der Waals surface area (Å²) in [5.74, 6) is -0.251. The fourth-order valence-electron chi connectivity index (χ4n) is 3.11. The van der Waals surface area contributed by atoms with Gasteiger partial charge >= 0.3 is 6.18 Å². The zero-order chi connectivity index (χ0) is 25.9. The highest BCUT2D eigenvalue weighted by molar-refractivity contribution is 7.11. The largest absolute Gasteiger partial charge is 0.417 e. The van der Waals surface area contributed by atoms with Crippen molar-refractivity contribution >= 4 is 40.4 Å². The molecule has 0 saturated carbocycles. The molecule has 2 heterocycles. The van der Waals surface area contributed by atoms with E-state index in [0.29, 0.717) is 22.0 Å². The third kappa shape index (κ3) is 6.57. The van der Waals surface area contributed by atoms with Gasteiger partial charge in [0.25, 0.3) is 5.91 Å². The Morgan fingerprint density at radius 1 is 1.29 bits per heavy atom. The van der Waals surface area contributed by atoms with E-state index < -0.39 is 34.9 Å². The molecule has 2 unspecified atom stereocenters. The lowest BCUT2D eigenvalue weighted by molar-refractivity contribution is -0.137. The monoisotopic (exact) mass is 529 g/mol. The second-order valence-corrected chi connectivity index (χ2v) is 9.36. The molecule has 0 fully saturated rings. The zero-order valence-corrected chi connectivity index (χ0v) is 20.5. The van der Waals surface area contributed by atoms with Crippen LogP contribution in [0.5, 0.6) is 0 Å². The van der Waals surface area contributed by atoms with Gasteiger partial charge in [0.05, 0.1) is 21.5 Å². The lowest BCUT2D eigenvalue weighted by Crippen LogP contribution is -2.30. The van der Waals surface area contributed by atoms with Crippen molar-refractivity contribution in [3.8, 4) is 0 Å². The quantitative estimate of drug-likeness (QED) is 0.324. The number of carbonyl (C=O) groups is 1. The molecule has 14 heteroatoms. The summed E-state index contributed by atoms with van der Waals surface area (Å²) in [6.07, 6.45) is -3.21. The van der Waals surface area contributed by atoms with E-state index in [0.717, 1.165) is 23.5 Å². The number of nitrogen functional groups attached to an aromatic ring is 1. The van der Waals surface area contributed by atoms with E-state index >= 15 is 0 Å². The Hall–Kier alpha value is -3.00. The van der Waals surface area contributed by atoms with Crippen LogP contribution in [0.25, 0.3) is 0 Å². The molecule has 0 aliphatic carbocycles. The average Bonchev–Trinajstić information content (AvgIpc) is 3.24. The highest BCUT2D eigenvalue weighted by Crippen LogP contribution is 2.36. The number of nitrogens with one attached hydrogen (secondary N) is 2. The maximum Gasteiger partial charge on any atom is 0.417 e. The van der Waals surface area contributed by atoms with Gasteiger partial charge in [0.1, 0.15) is 22.8 Å². The number of aromatic nitrogens is 3. The number of halogens is 4. The van der Waals surface area contributed by atoms with E-state index in [-0.39, 0.29) is 17.2 Å². The van der Waals surface area contributed by atoms with Crippen molar-refractivity contribution < 1.29 is 23.1 Å². The fraction of sp³-hybridized carbons (Fsp3) is 0.333. The maximum atomic E-state index is 12.9. The summed E-state index contributed by atoms with van der Waals surface area (Å²) in [5, 5.41) is 16.0.